The number of halogens is 5. The lowest BCUT2D eigenvalue weighted by Gasteiger charge is -2.15. The highest BCUT2D eigenvalue weighted by Gasteiger charge is 2.39. The van der Waals surface area contributed by atoms with Gasteiger partial charge in [0.25, 0.3) is 6.43 Å². The summed E-state index contributed by atoms with van der Waals surface area (Å²) < 4.78 is 61.9. The Hall–Kier alpha value is -1.44. The molecule has 0 unspecified atom stereocenters. The lowest BCUT2D eigenvalue weighted by Crippen LogP contribution is -2.16. The molecule has 3 N–H and O–H groups in total. The van der Waals surface area contributed by atoms with Crippen LogP contribution < -0.4 is 5.73 Å². The largest absolute Gasteiger partial charge is 0.420 e. The fourth-order valence-electron chi connectivity index (χ4n) is 1.17. The van der Waals surface area contributed by atoms with Crippen molar-refractivity contribution in [1.82, 2.24) is 4.98 Å². The van der Waals surface area contributed by atoms with Crippen LogP contribution in [-0.2, 0) is 12.8 Å². The van der Waals surface area contributed by atoms with Gasteiger partial charge in [-0.2, -0.15) is 13.2 Å². The lowest BCUT2D eigenvalue weighted by atomic mass is 10.1. The van der Waals surface area contributed by atoms with Crippen LogP contribution in [0.2, 0.25) is 0 Å². The fraction of sp³-hybridized carbons (Fsp3) is 0.375. The Morgan fingerprint density at radius 1 is 1.38 bits per heavy atom. The SMILES string of the molecule is Nc1c(CO)cnc(C(F)F)c1C(F)(F)F. The summed E-state index contributed by atoms with van der Waals surface area (Å²) in [5.74, 6) is 0. The lowest BCUT2D eigenvalue weighted by molar-refractivity contribution is -0.139. The van der Waals surface area contributed by atoms with Crippen LogP contribution in [0.15, 0.2) is 6.20 Å². The zero-order valence-electron chi connectivity index (χ0n) is 7.72. The summed E-state index contributed by atoms with van der Waals surface area (Å²) in [6.07, 6.45) is -7.72. The molecule has 0 aromatic carbocycles. The molecular formula is C8H7F5N2O. The second-order valence-electron chi connectivity index (χ2n) is 2.91. The molecule has 8 heteroatoms. The van der Waals surface area contributed by atoms with Crippen molar-refractivity contribution in [3.8, 4) is 0 Å². The molecule has 0 amide bonds. The van der Waals surface area contributed by atoms with E-state index in [-0.39, 0.29) is 5.56 Å². The van der Waals surface area contributed by atoms with Gasteiger partial charge in [-0.05, 0) is 0 Å². The minimum absolute atomic E-state index is 0.336. The average molecular weight is 242 g/mol. The van der Waals surface area contributed by atoms with E-state index in [2.05, 4.69) is 4.98 Å². The van der Waals surface area contributed by atoms with Crippen LogP contribution in [0.4, 0.5) is 27.6 Å². The summed E-state index contributed by atoms with van der Waals surface area (Å²) in [6, 6.07) is 0. The Kier molecular flexibility index (Phi) is 3.32. The highest BCUT2D eigenvalue weighted by atomic mass is 19.4. The van der Waals surface area contributed by atoms with E-state index in [0.717, 1.165) is 0 Å². The smallest absolute Gasteiger partial charge is 0.398 e. The molecule has 90 valence electrons. The molecule has 0 bridgehead atoms. The summed E-state index contributed by atoms with van der Waals surface area (Å²) in [5.41, 5.74) is 0.698. The monoisotopic (exact) mass is 242 g/mol. The first-order valence-electron chi connectivity index (χ1n) is 4.02. The number of anilines is 1. The summed E-state index contributed by atoms with van der Waals surface area (Å²) in [4.78, 5) is 2.97. The predicted octanol–water partition coefficient (Wildman–Crippen LogP) is 2.11. The second kappa shape index (κ2) is 4.20. The Morgan fingerprint density at radius 2 is 1.94 bits per heavy atom. The molecule has 0 radical (unpaired) electrons. The maximum atomic E-state index is 12.5. The Morgan fingerprint density at radius 3 is 2.31 bits per heavy atom. The normalized spacial score (nSPS) is 12.2. The van der Waals surface area contributed by atoms with Gasteiger partial charge in [-0.15, -0.1) is 0 Å². The highest BCUT2D eigenvalue weighted by Crippen LogP contribution is 2.39. The number of hydrogen-bond donors (Lipinski definition) is 2. The first kappa shape index (κ1) is 12.6. The van der Waals surface area contributed by atoms with Gasteiger partial charge < -0.3 is 10.8 Å². The van der Waals surface area contributed by atoms with Gasteiger partial charge >= 0.3 is 6.18 Å². The van der Waals surface area contributed by atoms with E-state index in [0.29, 0.717) is 6.20 Å². The average Bonchev–Trinajstić information content (AvgIpc) is 2.14. The quantitative estimate of drug-likeness (QED) is 0.781. The zero-order chi connectivity index (χ0) is 12.5. The summed E-state index contributed by atoms with van der Waals surface area (Å²) >= 11 is 0. The molecular weight excluding hydrogens is 235 g/mol. The number of alkyl halides is 5. The summed E-state index contributed by atoms with van der Waals surface area (Å²) in [6.45, 7) is -0.800. The maximum absolute atomic E-state index is 12.5. The van der Waals surface area contributed by atoms with Gasteiger partial charge in [-0.3, -0.25) is 4.98 Å². The molecule has 0 fully saturated rings. The number of aromatic nitrogens is 1. The first-order valence-corrected chi connectivity index (χ1v) is 4.02. The minimum Gasteiger partial charge on any atom is -0.398 e. The van der Waals surface area contributed by atoms with E-state index in [4.69, 9.17) is 10.8 Å². The molecule has 0 spiro atoms. The number of nitrogens with two attached hydrogens (primary N) is 1. The van der Waals surface area contributed by atoms with Crippen LogP contribution >= 0.6 is 0 Å². The molecule has 16 heavy (non-hydrogen) atoms. The Balaban J connectivity index is 3.50. The van der Waals surface area contributed by atoms with Crippen LogP contribution in [0.25, 0.3) is 0 Å². The van der Waals surface area contributed by atoms with E-state index in [9.17, 15) is 22.0 Å². The van der Waals surface area contributed by atoms with Gasteiger partial charge in [0.15, 0.2) is 0 Å². The minimum atomic E-state index is -5.03. The van der Waals surface area contributed by atoms with Crippen molar-refractivity contribution in [3.63, 3.8) is 0 Å². The number of aliphatic hydroxyl groups is 1. The topological polar surface area (TPSA) is 59.1 Å². The van der Waals surface area contributed by atoms with Crippen molar-refractivity contribution in [2.45, 2.75) is 19.2 Å². The van der Waals surface area contributed by atoms with Crippen molar-refractivity contribution in [3.05, 3.63) is 23.0 Å². The number of pyridine rings is 1. The Labute approximate surface area is 86.7 Å². The molecule has 0 aliphatic carbocycles. The highest BCUT2D eigenvalue weighted by molar-refractivity contribution is 5.56. The van der Waals surface area contributed by atoms with E-state index in [1.165, 1.54) is 0 Å². The molecule has 0 saturated heterocycles. The molecule has 0 aliphatic rings. The third-order valence-corrected chi connectivity index (χ3v) is 1.89. The van der Waals surface area contributed by atoms with Crippen molar-refractivity contribution < 1.29 is 27.1 Å². The molecule has 1 rings (SSSR count). The fourth-order valence-corrected chi connectivity index (χ4v) is 1.17. The number of nitrogen functional groups attached to an aromatic ring is 1. The number of nitrogens with zero attached hydrogens (tertiary/aromatic N) is 1. The van der Waals surface area contributed by atoms with Crippen molar-refractivity contribution in [2.75, 3.05) is 5.73 Å². The molecule has 1 heterocycles. The van der Waals surface area contributed by atoms with Gasteiger partial charge in [0.05, 0.1) is 12.3 Å². The van der Waals surface area contributed by atoms with Gasteiger partial charge in [0.1, 0.15) is 11.3 Å². The number of aliphatic hydroxyl groups excluding tert-OH is 1. The Bertz CT molecular complexity index is 391. The van der Waals surface area contributed by atoms with Crippen molar-refractivity contribution in [2.24, 2.45) is 0 Å². The van der Waals surface area contributed by atoms with Crippen molar-refractivity contribution >= 4 is 5.69 Å². The molecule has 1 aromatic heterocycles. The van der Waals surface area contributed by atoms with Crippen LogP contribution in [0.5, 0.6) is 0 Å². The zero-order valence-corrected chi connectivity index (χ0v) is 7.72. The second-order valence-corrected chi connectivity index (χ2v) is 2.91. The van der Waals surface area contributed by atoms with E-state index in [1.54, 1.807) is 0 Å². The van der Waals surface area contributed by atoms with Gasteiger partial charge in [0, 0.05) is 11.8 Å². The molecule has 1 aromatic rings. The van der Waals surface area contributed by atoms with E-state index >= 15 is 0 Å². The van der Waals surface area contributed by atoms with Crippen LogP contribution in [-0.4, -0.2) is 10.1 Å². The number of hydrogen-bond acceptors (Lipinski definition) is 3. The van der Waals surface area contributed by atoms with Crippen LogP contribution in [0, 0.1) is 0 Å². The number of rotatable bonds is 2. The molecule has 0 aliphatic heterocycles. The maximum Gasteiger partial charge on any atom is 0.420 e. The molecule has 3 nitrogen and oxygen atoms in total. The van der Waals surface area contributed by atoms with Crippen molar-refractivity contribution in [1.29, 1.82) is 0 Å². The van der Waals surface area contributed by atoms with Gasteiger partial charge in [-0.25, -0.2) is 8.78 Å². The van der Waals surface area contributed by atoms with Gasteiger partial charge in [-0.1, -0.05) is 0 Å². The standard InChI is InChI=1S/C8H7F5N2O/c9-7(10)6-4(8(11,12)13)5(14)3(2-16)1-15-6/h1,7,16H,2H2,(H2,14,15). The molecule has 0 saturated carbocycles. The summed E-state index contributed by atoms with van der Waals surface area (Å²) in [5, 5.41) is 8.66. The summed E-state index contributed by atoms with van der Waals surface area (Å²) in [7, 11) is 0. The third kappa shape index (κ3) is 2.21. The first-order chi connectivity index (χ1) is 7.29. The van der Waals surface area contributed by atoms with E-state index in [1.807, 2.05) is 0 Å². The predicted molar refractivity (Wildman–Crippen MR) is 44.5 cm³/mol. The van der Waals surface area contributed by atoms with E-state index < -0.39 is 36.2 Å². The van der Waals surface area contributed by atoms with Crippen LogP contribution in [0.3, 0.4) is 0 Å². The third-order valence-electron chi connectivity index (χ3n) is 1.89. The van der Waals surface area contributed by atoms with Crippen LogP contribution in [0.1, 0.15) is 23.2 Å². The molecule has 0 atom stereocenters. The van der Waals surface area contributed by atoms with Gasteiger partial charge in [0.2, 0.25) is 0 Å².